The lowest BCUT2D eigenvalue weighted by Gasteiger charge is -2.13. The van der Waals surface area contributed by atoms with Gasteiger partial charge in [-0.05, 0) is 46.5 Å². The Morgan fingerprint density at radius 1 is 1.13 bits per heavy atom. The lowest BCUT2D eigenvalue weighted by Crippen LogP contribution is -2.49. The largest absolute Gasteiger partial charge is 0.333 e. The van der Waals surface area contributed by atoms with Gasteiger partial charge in [0.15, 0.2) is 6.04 Å². The first-order valence-corrected chi connectivity index (χ1v) is 10.5. The molecule has 3 heterocycles. The van der Waals surface area contributed by atoms with Crippen LogP contribution < -0.4 is 21.1 Å². The van der Waals surface area contributed by atoms with Crippen molar-refractivity contribution in [2.24, 2.45) is 14.1 Å². The second-order valence-electron chi connectivity index (χ2n) is 7.09. The van der Waals surface area contributed by atoms with Gasteiger partial charge in [0.25, 0.3) is 17.1 Å². The van der Waals surface area contributed by atoms with Crippen molar-refractivity contribution in [1.29, 1.82) is 0 Å². The number of nitrogens with one attached hydrogen (secondary N) is 2. The molecule has 9 heteroatoms. The van der Waals surface area contributed by atoms with E-state index in [-0.39, 0.29) is 11.4 Å². The van der Waals surface area contributed by atoms with E-state index in [2.05, 4.69) is 15.7 Å². The average molecular weight is 425 g/mol. The summed E-state index contributed by atoms with van der Waals surface area (Å²) >= 11 is 1.64. The van der Waals surface area contributed by atoms with Crippen molar-refractivity contribution < 1.29 is 9.36 Å². The monoisotopic (exact) mass is 424 g/mol. The smallest absolute Gasteiger partial charge is 0.322 e. The summed E-state index contributed by atoms with van der Waals surface area (Å²) in [5.74, 6) is -0.234. The quantitative estimate of drug-likeness (QED) is 0.481. The molecule has 154 valence electrons. The van der Waals surface area contributed by atoms with Crippen molar-refractivity contribution >= 4 is 34.1 Å². The van der Waals surface area contributed by atoms with E-state index >= 15 is 0 Å². The molecule has 1 unspecified atom stereocenters. The number of hydrogen-bond donors (Lipinski definition) is 2. The zero-order valence-corrected chi connectivity index (χ0v) is 17.7. The number of fused-ring (bicyclic) bond motifs is 1. The maximum atomic E-state index is 13.0. The molecule has 2 N–H and O–H groups in total. The second kappa shape index (κ2) is 7.75. The van der Waals surface area contributed by atoms with E-state index in [1.54, 1.807) is 29.3 Å². The zero-order valence-electron chi connectivity index (χ0n) is 16.9. The molecule has 0 fully saturated rings. The molecular formula is C21H22N5O3S+. The summed E-state index contributed by atoms with van der Waals surface area (Å²) in [6, 6.07) is 9.08. The highest BCUT2D eigenvalue weighted by molar-refractivity contribution is 7.08. The first-order chi connectivity index (χ1) is 14.4. The van der Waals surface area contributed by atoms with Crippen LogP contribution in [0.5, 0.6) is 0 Å². The summed E-state index contributed by atoms with van der Waals surface area (Å²) in [6.07, 6.45) is 2.04. The van der Waals surface area contributed by atoms with E-state index in [1.165, 1.54) is 11.6 Å². The van der Waals surface area contributed by atoms with Crippen LogP contribution in [0.1, 0.15) is 19.4 Å². The van der Waals surface area contributed by atoms with Crippen LogP contribution in [-0.4, -0.2) is 20.0 Å². The Labute approximate surface area is 176 Å². The number of anilines is 1. The fourth-order valence-corrected chi connectivity index (χ4v) is 4.24. The first-order valence-electron chi connectivity index (χ1n) is 9.54. The lowest BCUT2D eigenvalue weighted by molar-refractivity contribution is -0.684. The number of carbonyl (C=O) groups is 1. The Hall–Kier alpha value is -3.46. The van der Waals surface area contributed by atoms with Crippen molar-refractivity contribution in [2.45, 2.75) is 19.4 Å². The number of aromatic nitrogens is 4. The lowest BCUT2D eigenvalue weighted by atomic mass is 10.1. The van der Waals surface area contributed by atoms with Gasteiger partial charge in [0.1, 0.15) is 0 Å². The van der Waals surface area contributed by atoms with Crippen molar-refractivity contribution in [1.82, 2.24) is 14.1 Å². The molecule has 0 aliphatic carbocycles. The number of H-pyrrole nitrogens is 1. The van der Waals surface area contributed by atoms with Gasteiger partial charge in [-0.15, -0.1) is 0 Å². The fourth-order valence-electron chi connectivity index (χ4n) is 3.57. The van der Waals surface area contributed by atoms with Crippen molar-refractivity contribution in [3.63, 3.8) is 0 Å². The summed E-state index contributed by atoms with van der Waals surface area (Å²) in [5, 5.41) is 7.02. The SMILES string of the molecule is CCC(C(=O)Nc1ccc(-c2ccsc2)cc1)[n+]1c[nH]c2c1c(=O)n(C)c(=O)n2C. The number of imidazole rings is 1. The number of carbonyl (C=O) groups excluding carboxylic acids is 1. The van der Waals surface area contributed by atoms with E-state index in [0.717, 1.165) is 15.7 Å². The molecular weight excluding hydrogens is 402 g/mol. The molecule has 0 saturated carbocycles. The normalized spacial score (nSPS) is 12.2. The maximum Gasteiger partial charge on any atom is 0.333 e. The van der Waals surface area contributed by atoms with Crippen LogP contribution in [0, 0.1) is 0 Å². The van der Waals surface area contributed by atoms with Crippen LogP contribution >= 0.6 is 11.3 Å². The van der Waals surface area contributed by atoms with Gasteiger partial charge < -0.3 is 5.32 Å². The number of rotatable bonds is 5. The Kier molecular flexibility index (Phi) is 5.13. The molecule has 0 aliphatic heterocycles. The highest BCUT2D eigenvalue weighted by Gasteiger charge is 2.29. The molecule has 0 saturated heterocycles. The van der Waals surface area contributed by atoms with Crippen molar-refractivity contribution in [2.75, 3.05) is 5.32 Å². The van der Waals surface area contributed by atoms with E-state index in [4.69, 9.17) is 0 Å². The minimum Gasteiger partial charge on any atom is -0.322 e. The van der Waals surface area contributed by atoms with E-state index in [1.807, 2.05) is 42.6 Å². The first kappa shape index (κ1) is 19.8. The van der Waals surface area contributed by atoms with Gasteiger partial charge in [-0.1, -0.05) is 19.1 Å². The molecule has 1 atom stereocenters. The third-order valence-corrected chi connectivity index (χ3v) is 5.95. The summed E-state index contributed by atoms with van der Waals surface area (Å²) in [5.41, 5.74) is 2.70. The second-order valence-corrected chi connectivity index (χ2v) is 7.87. The fraction of sp³-hybridized carbons (Fsp3) is 0.238. The number of benzene rings is 1. The van der Waals surface area contributed by atoms with Gasteiger partial charge in [-0.2, -0.15) is 11.3 Å². The summed E-state index contributed by atoms with van der Waals surface area (Å²) in [4.78, 5) is 40.9. The molecule has 8 nitrogen and oxygen atoms in total. The van der Waals surface area contributed by atoms with Crippen molar-refractivity contribution in [3.8, 4) is 11.1 Å². The number of aryl methyl sites for hydroxylation is 1. The Bertz CT molecular complexity index is 1330. The third-order valence-electron chi connectivity index (χ3n) is 5.27. The van der Waals surface area contributed by atoms with Crippen LogP contribution in [0.2, 0.25) is 0 Å². The van der Waals surface area contributed by atoms with Crippen LogP contribution in [-0.2, 0) is 18.9 Å². The molecule has 1 aromatic carbocycles. The molecule has 0 spiro atoms. The molecule has 1 amide bonds. The molecule has 0 aliphatic rings. The molecule has 0 radical (unpaired) electrons. The average Bonchev–Trinajstić information content (AvgIpc) is 3.42. The Morgan fingerprint density at radius 2 is 1.87 bits per heavy atom. The highest BCUT2D eigenvalue weighted by Crippen LogP contribution is 2.24. The zero-order chi connectivity index (χ0) is 21.4. The van der Waals surface area contributed by atoms with Crippen LogP contribution in [0.4, 0.5) is 5.69 Å². The number of thiophene rings is 1. The minimum absolute atomic E-state index is 0.234. The minimum atomic E-state index is -0.611. The summed E-state index contributed by atoms with van der Waals surface area (Å²) < 4.78 is 4.01. The van der Waals surface area contributed by atoms with Gasteiger partial charge in [-0.3, -0.25) is 18.7 Å². The summed E-state index contributed by atoms with van der Waals surface area (Å²) in [6.45, 7) is 1.88. The van der Waals surface area contributed by atoms with Gasteiger partial charge in [-0.25, -0.2) is 14.3 Å². The molecule has 3 aromatic heterocycles. The predicted molar refractivity (Wildman–Crippen MR) is 117 cm³/mol. The number of aromatic amines is 1. The van der Waals surface area contributed by atoms with E-state index < -0.39 is 17.3 Å². The van der Waals surface area contributed by atoms with Gasteiger partial charge in [0.05, 0.1) is 0 Å². The standard InChI is InChI=1S/C21H21N5O3S/c1-4-16(26-12-22-18-17(26)20(28)25(3)21(29)24(18)2)19(27)23-15-7-5-13(6-8-15)14-9-10-30-11-14/h5-12,16H,4H2,1-3H3,(H,23,27)/p+1. The summed E-state index contributed by atoms with van der Waals surface area (Å²) in [7, 11) is 3.01. The predicted octanol–water partition coefficient (Wildman–Crippen LogP) is 2.17. The van der Waals surface area contributed by atoms with Gasteiger partial charge >= 0.3 is 11.2 Å². The van der Waals surface area contributed by atoms with Crippen LogP contribution in [0.3, 0.4) is 0 Å². The Balaban J connectivity index is 1.65. The van der Waals surface area contributed by atoms with E-state index in [9.17, 15) is 14.4 Å². The maximum absolute atomic E-state index is 13.0. The molecule has 0 bridgehead atoms. The molecule has 4 aromatic rings. The highest BCUT2D eigenvalue weighted by atomic mass is 32.1. The topological polar surface area (TPSA) is 92.8 Å². The molecule has 30 heavy (non-hydrogen) atoms. The molecule has 4 rings (SSSR count). The van der Waals surface area contributed by atoms with Gasteiger partial charge in [0, 0.05) is 19.8 Å². The van der Waals surface area contributed by atoms with E-state index in [0.29, 0.717) is 17.8 Å². The van der Waals surface area contributed by atoms with Crippen molar-refractivity contribution in [3.05, 3.63) is 68.3 Å². The van der Waals surface area contributed by atoms with Crippen LogP contribution in [0.25, 0.3) is 22.3 Å². The number of hydrogen-bond acceptors (Lipinski definition) is 4. The Morgan fingerprint density at radius 3 is 2.50 bits per heavy atom. The number of amides is 1. The number of nitrogens with zero attached hydrogens (tertiary/aromatic N) is 3. The van der Waals surface area contributed by atoms with Crippen LogP contribution in [0.15, 0.2) is 57.0 Å². The third kappa shape index (κ3) is 3.26. The van der Waals surface area contributed by atoms with Gasteiger partial charge in [0.2, 0.25) is 6.33 Å².